The average molecular weight is 348 g/mol. The summed E-state index contributed by atoms with van der Waals surface area (Å²) >= 11 is 9.00. The van der Waals surface area contributed by atoms with Crippen molar-refractivity contribution in [1.82, 2.24) is 10.2 Å². The van der Waals surface area contributed by atoms with E-state index in [4.69, 9.17) is 11.6 Å². The number of hydrogen-bond acceptors (Lipinski definition) is 3. The van der Waals surface area contributed by atoms with Crippen molar-refractivity contribution < 1.29 is 14.7 Å². The molecule has 1 aromatic rings. The van der Waals surface area contributed by atoms with Gasteiger partial charge in [-0.3, -0.25) is 9.59 Å². The summed E-state index contributed by atoms with van der Waals surface area (Å²) in [5.41, 5.74) is 0.0433. The van der Waals surface area contributed by atoms with Crippen LogP contribution in [0, 0.1) is 0 Å². The van der Waals surface area contributed by atoms with Gasteiger partial charge in [0.2, 0.25) is 5.91 Å². The zero-order chi connectivity index (χ0) is 14.2. The fraction of sp³-hybridized carbons (Fsp3) is 0.333. The number of rotatable bonds is 2. The second-order valence-electron chi connectivity index (χ2n) is 4.36. The maximum Gasteiger partial charge on any atom is 0.255 e. The van der Waals surface area contributed by atoms with E-state index in [1.807, 2.05) is 0 Å². The van der Waals surface area contributed by atoms with Crippen LogP contribution in [-0.4, -0.2) is 41.5 Å². The van der Waals surface area contributed by atoms with Gasteiger partial charge in [0.25, 0.3) is 5.91 Å². The number of nitrogens with one attached hydrogen (secondary N) is 1. The molecule has 5 nitrogen and oxygen atoms in total. The van der Waals surface area contributed by atoms with Crippen LogP contribution in [0.4, 0.5) is 0 Å². The minimum absolute atomic E-state index is 0.0433. The molecule has 19 heavy (non-hydrogen) atoms. The Bertz CT molecular complexity index is 550. The monoisotopic (exact) mass is 346 g/mol. The van der Waals surface area contributed by atoms with Gasteiger partial charge in [0.15, 0.2) is 0 Å². The number of nitrogens with zero attached hydrogens (tertiary/aromatic N) is 1. The Hall–Kier alpha value is -1.27. The third-order valence-electron chi connectivity index (χ3n) is 3.01. The van der Waals surface area contributed by atoms with Crippen molar-refractivity contribution in [3.05, 3.63) is 27.2 Å². The molecule has 102 valence electrons. The normalized spacial score (nSPS) is 18.8. The van der Waals surface area contributed by atoms with Crippen molar-refractivity contribution in [2.24, 2.45) is 0 Å². The Balaban J connectivity index is 2.19. The van der Waals surface area contributed by atoms with Gasteiger partial charge in [0, 0.05) is 18.1 Å². The van der Waals surface area contributed by atoms with E-state index in [1.54, 1.807) is 11.9 Å². The van der Waals surface area contributed by atoms with Crippen molar-refractivity contribution in [2.75, 3.05) is 13.6 Å². The van der Waals surface area contributed by atoms with Crippen molar-refractivity contribution in [3.8, 4) is 5.75 Å². The molecular formula is C12H12BrClN2O3. The molecule has 0 saturated carbocycles. The summed E-state index contributed by atoms with van der Waals surface area (Å²) in [6, 6.07) is 2.40. The first kappa shape index (κ1) is 14.1. The molecule has 0 radical (unpaired) electrons. The zero-order valence-electron chi connectivity index (χ0n) is 10.1. The fourth-order valence-electron chi connectivity index (χ4n) is 1.93. The van der Waals surface area contributed by atoms with Crippen LogP contribution in [0.2, 0.25) is 5.02 Å². The Morgan fingerprint density at radius 2 is 2.26 bits per heavy atom. The number of likely N-dealkylation sites (N-methyl/N-ethyl adjacent to an activating group) is 1. The van der Waals surface area contributed by atoms with E-state index in [9.17, 15) is 14.7 Å². The highest BCUT2D eigenvalue weighted by atomic mass is 79.9. The molecule has 0 spiro atoms. The molecule has 0 aromatic heterocycles. The molecule has 2 amide bonds. The maximum absolute atomic E-state index is 12.1. The maximum atomic E-state index is 12.1. The third kappa shape index (κ3) is 2.84. The first-order valence-electron chi connectivity index (χ1n) is 5.64. The van der Waals surface area contributed by atoms with Gasteiger partial charge in [0.1, 0.15) is 11.8 Å². The molecule has 2 rings (SSSR count). The summed E-state index contributed by atoms with van der Waals surface area (Å²) in [5.74, 6) is -0.940. The average Bonchev–Trinajstić information content (AvgIpc) is 2.65. The summed E-state index contributed by atoms with van der Waals surface area (Å²) in [6.07, 6.45) is 0.559. The predicted octanol–water partition coefficient (Wildman–Crippen LogP) is 1.77. The molecule has 1 atom stereocenters. The molecule has 0 unspecified atom stereocenters. The van der Waals surface area contributed by atoms with Crippen LogP contribution in [0.3, 0.4) is 0 Å². The fourth-order valence-corrected chi connectivity index (χ4v) is 2.74. The summed E-state index contributed by atoms with van der Waals surface area (Å²) in [7, 11) is 1.68. The van der Waals surface area contributed by atoms with Crippen molar-refractivity contribution in [3.63, 3.8) is 0 Å². The van der Waals surface area contributed by atoms with Gasteiger partial charge in [0.05, 0.1) is 10.6 Å². The topological polar surface area (TPSA) is 69.6 Å². The number of halogens is 2. The van der Waals surface area contributed by atoms with E-state index in [0.29, 0.717) is 17.4 Å². The van der Waals surface area contributed by atoms with Crippen LogP contribution >= 0.6 is 27.5 Å². The second kappa shape index (κ2) is 5.38. The van der Waals surface area contributed by atoms with Gasteiger partial charge < -0.3 is 15.3 Å². The Labute approximate surface area is 123 Å². The molecule has 1 aromatic carbocycles. The molecular weight excluding hydrogens is 336 g/mol. The SMILES string of the molecule is CN1CC[C@H](NC(=O)c2cc(Br)cc(Cl)c2O)C1=O. The highest BCUT2D eigenvalue weighted by Crippen LogP contribution is 2.31. The molecule has 0 aliphatic carbocycles. The summed E-state index contributed by atoms with van der Waals surface area (Å²) in [5, 5.41) is 12.5. The quantitative estimate of drug-likeness (QED) is 0.856. The van der Waals surface area contributed by atoms with Gasteiger partial charge in [-0.2, -0.15) is 0 Å². The van der Waals surface area contributed by atoms with Gasteiger partial charge in [-0.05, 0) is 18.6 Å². The number of aromatic hydroxyl groups is 1. The molecule has 1 saturated heterocycles. The van der Waals surface area contributed by atoms with Crippen LogP contribution < -0.4 is 5.32 Å². The highest BCUT2D eigenvalue weighted by molar-refractivity contribution is 9.10. The zero-order valence-corrected chi connectivity index (χ0v) is 12.5. The molecule has 1 fully saturated rings. The van der Waals surface area contributed by atoms with Crippen LogP contribution in [0.15, 0.2) is 16.6 Å². The van der Waals surface area contributed by atoms with Crippen LogP contribution in [0.25, 0.3) is 0 Å². The standard InChI is InChI=1S/C12H12BrClN2O3/c1-16-3-2-9(12(16)19)15-11(18)7-4-6(13)5-8(14)10(7)17/h4-5,9,17H,2-3H2,1H3,(H,15,18)/t9-/m0/s1. The molecule has 0 bridgehead atoms. The van der Waals surface area contributed by atoms with E-state index in [1.165, 1.54) is 12.1 Å². The number of phenolic OH excluding ortho intramolecular Hbond substituents is 1. The summed E-state index contributed by atoms with van der Waals surface area (Å²) < 4.78 is 0.579. The number of phenols is 1. The number of amides is 2. The lowest BCUT2D eigenvalue weighted by Gasteiger charge is -2.13. The number of benzene rings is 1. The molecule has 1 aliphatic rings. The van der Waals surface area contributed by atoms with Gasteiger partial charge in [-0.15, -0.1) is 0 Å². The van der Waals surface area contributed by atoms with Crippen LogP contribution in [0.1, 0.15) is 16.8 Å². The second-order valence-corrected chi connectivity index (χ2v) is 5.68. The highest BCUT2D eigenvalue weighted by Gasteiger charge is 2.31. The predicted molar refractivity (Wildman–Crippen MR) is 74.3 cm³/mol. The lowest BCUT2D eigenvalue weighted by Crippen LogP contribution is -2.40. The van der Waals surface area contributed by atoms with E-state index in [-0.39, 0.29) is 22.2 Å². The Morgan fingerprint density at radius 3 is 2.84 bits per heavy atom. The largest absolute Gasteiger partial charge is 0.506 e. The van der Waals surface area contributed by atoms with Gasteiger partial charge in [-0.25, -0.2) is 0 Å². The van der Waals surface area contributed by atoms with E-state index in [2.05, 4.69) is 21.2 Å². The summed E-state index contributed by atoms with van der Waals surface area (Å²) in [4.78, 5) is 25.3. The molecule has 2 N–H and O–H groups in total. The lowest BCUT2D eigenvalue weighted by molar-refractivity contribution is -0.128. The first-order valence-corrected chi connectivity index (χ1v) is 6.81. The number of carbonyl (C=O) groups is 2. The van der Waals surface area contributed by atoms with Crippen molar-refractivity contribution >= 4 is 39.3 Å². The number of likely N-dealkylation sites (tertiary alicyclic amines) is 1. The number of carbonyl (C=O) groups excluding carboxylic acids is 2. The lowest BCUT2D eigenvalue weighted by atomic mass is 10.1. The Kier molecular flexibility index (Phi) is 4.01. The van der Waals surface area contributed by atoms with Crippen molar-refractivity contribution in [2.45, 2.75) is 12.5 Å². The minimum Gasteiger partial charge on any atom is -0.506 e. The first-order chi connectivity index (χ1) is 8.90. The van der Waals surface area contributed by atoms with Crippen LogP contribution in [-0.2, 0) is 4.79 Å². The smallest absolute Gasteiger partial charge is 0.255 e. The Morgan fingerprint density at radius 1 is 1.58 bits per heavy atom. The molecule has 1 aliphatic heterocycles. The third-order valence-corrected chi connectivity index (χ3v) is 3.75. The summed E-state index contributed by atoms with van der Waals surface area (Å²) in [6.45, 7) is 0.606. The van der Waals surface area contributed by atoms with E-state index >= 15 is 0 Å². The van der Waals surface area contributed by atoms with Gasteiger partial charge in [-0.1, -0.05) is 27.5 Å². The van der Waals surface area contributed by atoms with E-state index < -0.39 is 11.9 Å². The molecule has 1 heterocycles. The van der Waals surface area contributed by atoms with Crippen molar-refractivity contribution in [1.29, 1.82) is 0 Å². The van der Waals surface area contributed by atoms with Gasteiger partial charge >= 0.3 is 0 Å². The van der Waals surface area contributed by atoms with Crippen LogP contribution in [0.5, 0.6) is 5.75 Å². The number of hydrogen-bond donors (Lipinski definition) is 2. The minimum atomic E-state index is -0.547. The molecule has 7 heteroatoms. The van der Waals surface area contributed by atoms with E-state index in [0.717, 1.165) is 0 Å².